The molecule has 6 nitrogen and oxygen atoms in total. The smallest absolute Gasteiger partial charge is 0.249 e. The number of imidazole rings is 1. The largest absolute Gasteiger partial charge is 0.328 e. The van der Waals surface area contributed by atoms with Crippen LogP contribution in [-0.2, 0) is 4.79 Å². The first-order valence-corrected chi connectivity index (χ1v) is 9.49. The zero-order chi connectivity index (χ0) is 18.8. The maximum atomic E-state index is 11.9. The van der Waals surface area contributed by atoms with Gasteiger partial charge in [-0.15, -0.1) is 11.8 Å². The molecule has 1 amide bonds. The number of pyridine rings is 1. The quantitative estimate of drug-likeness (QED) is 0.411. The van der Waals surface area contributed by atoms with E-state index in [2.05, 4.69) is 10.3 Å². The summed E-state index contributed by atoms with van der Waals surface area (Å²) in [4.78, 5) is 31.3. The number of rotatable bonds is 5. The zero-order valence-corrected chi connectivity index (χ0v) is 15.3. The van der Waals surface area contributed by atoms with Gasteiger partial charge in [0.15, 0.2) is 0 Å². The first-order chi connectivity index (χ1) is 13.2. The predicted molar refractivity (Wildman–Crippen MR) is 109 cm³/mol. The number of hydrogen-bond acceptors (Lipinski definition) is 4. The van der Waals surface area contributed by atoms with Crippen LogP contribution < -0.4 is 10.9 Å². The van der Waals surface area contributed by atoms with Crippen molar-refractivity contribution in [1.29, 1.82) is 0 Å². The SMILES string of the molecule is CSc1cc(-n2c(-c3ccccc3)nc3ccc(=O)[nH]c32)ccc1NC=O. The summed E-state index contributed by atoms with van der Waals surface area (Å²) in [6, 6.07) is 18.7. The number of thioether (sulfide) groups is 1. The molecule has 134 valence electrons. The highest BCUT2D eigenvalue weighted by Gasteiger charge is 2.16. The second-order valence-corrected chi connectivity index (χ2v) is 6.69. The molecule has 0 radical (unpaired) electrons. The summed E-state index contributed by atoms with van der Waals surface area (Å²) in [6.07, 6.45) is 2.61. The lowest BCUT2D eigenvalue weighted by Gasteiger charge is -2.13. The fourth-order valence-electron chi connectivity index (χ4n) is 3.02. The molecule has 0 fully saturated rings. The van der Waals surface area contributed by atoms with E-state index in [-0.39, 0.29) is 5.56 Å². The van der Waals surface area contributed by atoms with Crippen molar-refractivity contribution < 1.29 is 4.79 Å². The lowest BCUT2D eigenvalue weighted by molar-refractivity contribution is -0.105. The van der Waals surface area contributed by atoms with E-state index in [0.29, 0.717) is 17.6 Å². The van der Waals surface area contributed by atoms with Crippen LogP contribution in [0, 0.1) is 0 Å². The Morgan fingerprint density at radius 1 is 1.11 bits per heavy atom. The molecule has 2 N–H and O–H groups in total. The van der Waals surface area contributed by atoms with Gasteiger partial charge in [0.05, 0.1) is 11.4 Å². The fourth-order valence-corrected chi connectivity index (χ4v) is 3.61. The molecule has 2 aromatic heterocycles. The maximum absolute atomic E-state index is 11.9. The highest BCUT2D eigenvalue weighted by atomic mass is 32.2. The number of fused-ring (bicyclic) bond motifs is 1. The Morgan fingerprint density at radius 3 is 2.67 bits per heavy atom. The average molecular weight is 376 g/mol. The minimum atomic E-state index is -0.187. The second-order valence-electron chi connectivity index (χ2n) is 5.84. The Labute approximate surface area is 159 Å². The first-order valence-electron chi connectivity index (χ1n) is 8.27. The van der Waals surface area contributed by atoms with E-state index >= 15 is 0 Å². The van der Waals surface area contributed by atoms with Gasteiger partial charge in [0.25, 0.3) is 0 Å². The van der Waals surface area contributed by atoms with Crippen molar-refractivity contribution in [2.24, 2.45) is 0 Å². The highest BCUT2D eigenvalue weighted by Crippen LogP contribution is 2.32. The molecule has 0 atom stereocenters. The van der Waals surface area contributed by atoms with Crippen LogP contribution in [-0.4, -0.2) is 27.2 Å². The normalized spacial score (nSPS) is 10.9. The summed E-state index contributed by atoms with van der Waals surface area (Å²) < 4.78 is 1.93. The van der Waals surface area contributed by atoms with E-state index < -0.39 is 0 Å². The minimum Gasteiger partial charge on any atom is -0.328 e. The fraction of sp³-hybridized carbons (Fsp3) is 0.0500. The van der Waals surface area contributed by atoms with E-state index in [4.69, 9.17) is 4.98 Å². The molecule has 27 heavy (non-hydrogen) atoms. The topological polar surface area (TPSA) is 79.8 Å². The van der Waals surface area contributed by atoms with E-state index in [1.165, 1.54) is 17.8 Å². The number of amides is 1. The molecule has 0 unspecified atom stereocenters. The standard InChI is InChI=1S/C20H16N4O2S/c1-27-17-11-14(7-8-15(17)21-12-25)24-19(13-5-3-2-4-6-13)22-16-9-10-18(26)23-20(16)24/h2-12H,1H3,(H,21,25)(H,23,26). The summed E-state index contributed by atoms with van der Waals surface area (Å²) in [6.45, 7) is 0. The zero-order valence-electron chi connectivity index (χ0n) is 14.5. The number of benzene rings is 2. The minimum absolute atomic E-state index is 0.187. The lowest BCUT2D eigenvalue weighted by Crippen LogP contribution is -2.06. The molecule has 0 spiro atoms. The third kappa shape index (κ3) is 3.13. The number of aromatic nitrogens is 3. The van der Waals surface area contributed by atoms with E-state index in [1.54, 1.807) is 6.07 Å². The Balaban J connectivity index is 2.01. The van der Waals surface area contributed by atoms with Crippen LogP contribution in [0.2, 0.25) is 0 Å². The Bertz CT molecular complexity index is 1180. The molecule has 4 aromatic rings. The number of hydrogen-bond donors (Lipinski definition) is 2. The molecule has 4 rings (SSSR count). The first kappa shape index (κ1) is 17.1. The van der Waals surface area contributed by atoms with Crippen LogP contribution in [0.3, 0.4) is 0 Å². The molecular formula is C20H16N4O2S. The number of carbonyl (C=O) groups is 1. The van der Waals surface area contributed by atoms with Crippen molar-refractivity contribution >= 4 is 35.0 Å². The van der Waals surface area contributed by atoms with Gasteiger partial charge >= 0.3 is 0 Å². The Morgan fingerprint density at radius 2 is 1.93 bits per heavy atom. The van der Waals surface area contributed by atoms with Gasteiger partial charge in [-0.2, -0.15) is 0 Å². The highest BCUT2D eigenvalue weighted by molar-refractivity contribution is 7.98. The Hall–Kier alpha value is -3.32. The van der Waals surface area contributed by atoms with Crippen LogP contribution in [0.5, 0.6) is 0 Å². The van der Waals surface area contributed by atoms with Crippen molar-refractivity contribution in [1.82, 2.24) is 14.5 Å². The molecule has 0 saturated heterocycles. The number of anilines is 1. The van der Waals surface area contributed by atoms with E-state index in [0.717, 1.165) is 27.7 Å². The van der Waals surface area contributed by atoms with Crippen LogP contribution in [0.25, 0.3) is 28.2 Å². The summed E-state index contributed by atoms with van der Waals surface area (Å²) in [7, 11) is 0. The molecule has 2 aromatic carbocycles. The molecule has 7 heteroatoms. The molecule has 0 aliphatic rings. The predicted octanol–water partition coefficient (Wildman–Crippen LogP) is 3.67. The summed E-state index contributed by atoms with van der Waals surface area (Å²) >= 11 is 1.53. The van der Waals surface area contributed by atoms with E-state index in [1.807, 2.05) is 59.4 Å². The molecule has 2 heterocycles. The summed E-state index contributed by atoms with van der Waals surface area (Å²) in [5, 5.41) is 2.71. The number of aromatic amines is 1. The van der Waals surface area contributed by atoms with Crippen molar-refractivity contribution in [3.05, 3.63) is 71.0 Å². The van der Waals surface area contributed by atoms with Crippen molar-refractivity contribution in [3.8, 4) is 17.1 Å². The van der Waals surface area contributed by atoms with Gasteiger partial charge in [-0.3, -0.25) is 14.2 Å². The van der Waals surface area contributed by atoms with Crippen LogP contribution in [0.4, 0.5) is 5.69 Å². The Kier molecular flexibility index (Phi) is 4.52. The van der Waals surface area contributed by atoms with E-state index in [9.17, 15) is 9.59 Å². The second kappa shape index (κ2) is 7.13. The summed E-state index contributed by atoms with van der Waals surface area (Å²) in [5.41, 5.74) is 3.67. The van der Waals surface area contributed by atoms with Gasteiger partial charge in [0.1, 0.15) is 17.0 Å². The number of nitrogens with zero attached hydrogens (tertiary/aromatic N) is 2. The van der Waals surface area contributed by atoms with Gasteiger partial charge in [0, 0.05) is 16.5 Å². The van der Waals surface area contributed by atoms with Crippen molar-refractivity contribution in [3.63, 3.8) is 0 Å². The van der Waals surface area contributed by atoms with Gasteiger partial charge in [-0.25, -0.2) is 4.98 Å². The molecule has 0 aliphatic heterocycles. The molecule has 0 aliphatic carbocycles. The lowest BCUT2D eigenvalue weighted by atomic mass is 10.2. The number of nitrogens with one attached hydrogen (secondary N) is 2. The number of carbonyl (C=O) groups excluding carboxylic acids is 1. The van der Waals surface area contributed by atoms with Gasteiger partial charge in [0.2, 0.25) is 12.0 Å². The average Bonchev–Trinajstić information content (AvgIpc) is 3.08. The number of H-pyrrole nitrogens is 1. The monoisotopic (exact) mass is 376 g/mol. The van der Waals surface area contributed by atoms with Gasteiger partial charge in [-0.05, 0) is 30.5 Å². The van der Waals surface area contributed by atoms with Gasteiger partial charge in [-0.1, -0.05) is 30.3 Å². The van der Waals surface area contributed by atoms with Crippen LogP contribution >= 0.6 is 11.8 Å². The maximum Gasteiger partial charge on any atom is 0.249 e. The molecule has 0 bridgehead atoms. The third-order valence-corrected chi connectivity index (χ3v) is 5.01. The van der Waals surface area contributed by atoms with Crippen molar-refractivity contribution in [2.75, 3.05) is 11.6 Å². The molecular weight excluding hydrogens is 360 g/mol. The van der Waals surface area contributed by atoms with Crippen LogP contribution in [0.15, 0.2) is 70.4 Å². The summed E-state index contributed by atoms with van der Waals surface area (Å²) in [5.74, 6) is 0.732. The molecule has 0 saturated carbocycles. The third-order valence-electron chi connectivity index (χ3n) is 4.23. The van der Waals surface area contributed by atoms with Crippen molar-refractivity contribution in [2.45, 2.75) is 4.90 Å². The van der Waals surface area contributed by atoms with Gasteiger partial charge < -0.3 is 10.3 Å². The van der Waals surface area contributed by atoms with Crippen LogP contribution in [0.1, 0.15) is 0 Å².